The van der Waals surface area contributed by atoms with Gasteiger partial charge in [-0.3, -0.25) is 15.0 Å². The molecule has 19 rings (SSSR count). The average molecular weight is 1640 g/mol. The molecule has 0 aliphatic carbocycles. The van der Waals surface area contributed by atoms with Gasteiger partial charge in [-0.2, -0.15) is 0 Å². The number of hydrogen-bond acceptors (Lipinski definition) is 6. The van der Waals surface area contributed by atoms with Gasteiger partial charge in [-0.05, 0) is 196 Å². The summed E-state index contributed by atoms with van der Waals surface area (Å²) in [5, 5.41) is 0. The number of aromatic nitrogens is 6. The molecule has 0 spiro atoms. The van der Waals surface area contributed by atoms with Gasteiger partial charge in [-0.15, -0.1) is 89.5 Å². The molecule has 0 atom stereocenters. The fourth-order valence-corrected chi connectivity index (χ4v) is 15.6. The minimum atomic E-state index is 0. The summed E-state index contributed by atoms with van der Waals surface area (Å²) in [5.74, 6) is 0. The van der Waals surface area contributed by atoms with Crippen molar-refractivity contribution in [3.05, 3.63) is 438 Å². The molecule has 5 heterocycles. The van der Waals surface area contributed by atoms with Crippen LogP contribution in [0.15, 0.2) is 419 Å². The molecule has 5 aromatic heterocycles. The average Bonchev–Trinajstić information content (AvgIpc) is 0.769. The van der Waals surface area contributed by atoms with Gasteiger partial charge >= 0.3 is 20.1 Å². The number of nitrogens with zero attached hydrogens (tertiary/aromatic N) is 6. The molecule has 0 aliphatic rings. The monoisotopic (exact) mass is 1640 g/mol. The van der Waals surface area contributed by atoms with Crippen LogP contribution in [0.2, 0.25) is 0 Å². The first-order chi connectivity index (χ1) is 56.5. The minimum Gasteiger partial charge on any atom is -0.305 e. The van der Waals surface area contributed by atoms with E-state index in [9.17, 15) is 0 Å². The van der Waals surface area contributed by atoms with Gasteiger partial charge < -0.3 is 9.97 Å². The normalized spacial score (nSPS) is 11.1. The van der Waals surface area contributed by atoms with Crippen molar-refractivity contribution < 1.29 is 20.1 Å². The van der Waals surface area contributed by atoms with Crippen LogP contribution in [-0.2, 0) is 20.1 Å². The zero-order valence-electron chi connectivity index (χ0n) is 62.4. The van der Waals surface area contributed by atoms with E-state index in [1.165, 1.54) is 0 Å². The van der Waals surface area contributed by atoms with Crippen LogP contribution in [0.4, 0.5) is 0 Å². The molecular weight excluding hydrogens is 1570 g/mol. The van der Waals surface area contributed by atoms with E-state index in [1.54, 1.807) is 6.33 Å². The number of pyridine rings is 4. The Bertz CT molecular complexity index is 5950. The molecule has 14 aromatic carbocycles. The molecule has 6 nitrogen and oxygen atoms in total. The molecule has 0 aliphatic heterocycles. The summed E-state index contributed by atoms with van der Waals surface area (Å²) in [6, 6.07) is 149. The van der Waals surface area contributed by atoms with Gasteiger partial charge in [-0.1, -0.05) is 294 Å². The summed E-state index contributed by atoms with van der Waals surface area (Å²) in [6.45, 7) is 0. The van der Waals surface area contributed by atoms with Crippen LogP contribution in [0.1, 0.15) is 0 Å². The quantitative estimate of drug-likeness (QED) is 0.0797. The Morgan fingerprint density at radius 3 is 0.609 bits per heavy atom. The Balaban J connectivity index is 0.00000917. The summed E-state index contributed by atoms with van der Waals surface area (Å²) in [7, 11) is 0. The molecule has 0 saturated carbocycles. The van der Waals surface area contributed by atoms with Crippen molar-refractivity contribution in [2.75, 3.05) is 0 Å². The van der Waals surface area contributed by atoms with E-state index in [1.807, 2.05) is 85.5 Å². The predicted molar refractivity (Wildman–Crippen MR) is 468 cm³/mol. The first kappa shape index (κ1) is 72.0. The first-order valence-electron chi connectivity index (χ1n) is 38.2. The molecule has 0 fully saturated rings. The van der Waals surface area contributed by atoms with Gasteiger partial charge in [0.15, 0.2) is 0 Å². The second-order valence-electron chi connectivity index (χ2n) is 28.2. The summed E-state index contributed by atoms with van der Waals surface area (Å²) in [4.78, 5) is 28.2. The fourth-order valence-electron chi connectivity index (χ4n) is 15.6. The molecule has 7 heteroatoms. The third-order valence-corrected chi connectivity index (χ3v) is 21.3. The first-order valence-corrected chi connectivity index (χ1v) is 38.2. The topological polar surface area (TPSA) is 77.3 Å². The van der Waals surface area contributed by atoms with Crippen LogP contribution in [0.25, 0.3) is 201 Å². The second kappa shape index (κ2) is 32.8. The van der Waals surface area contributed by atoms with Crippen LogP contribution >= 0.6 is 0 Å². The number of hydrogen-bond donors (Lipinski definition) is 0. The van der Waals surface area contributed by atoms with Crippen molar-refractivity contribution in [2.45, 2.75) is 0 Å². The van der Waals surface area contributed by atoms with Crippen molar-refractivity contribution in [2.24, 2.45) is 0 Å². The Morgan fingerprint density at radius 1 is 0.148 bits per heavy atom. The van der Waals surface area contributed by atoms with Crippen molar-refractivity contribution in [1.82, 2.24) is 29.9 Å². The van der Waals surface area contributed by atoms with Gasteiger partial charge in [0.1, 0.15) is 6.33 Å². The standard InChI is InChI=1S/C108H69N6.Ir/c1-7-27-97(91(21-1)73-37-49-79(50-38-73)103-33-13-17-61-109-103)85-65-86(98-28-8-2-22-92(98)74-39-51-80(52-40-74)104-34-14-18-62-110-104)68-89(67-85)101-31-11-5-25-95(101)77-45-57-83(58-46-77)107-71-108(114-72-113-107)84-59-47-78(48-60-84)96-26-6-12-32-102(96)90-69-87(99-29-9-3-23-93(99)75-41-53-81(54-42-75)105-35-15-19-63-111-105)66-88(70-90)100-30-10-4-24-94(100)76-43-55-82(56-44-76)106-36-16-20-64-112-106;/h1-53,55,57-59,61-72H;/q-3;+3. The van der Waals surface area contributed by atoms with Crippen molar-refractivity contribution >= 4 is 0 Å². The molecule has 0 unspecified atom stereocenters. The zero-order chi connectivity index (χ0) is 75.9. The summed E-state index contributed by atoms with van der Waals surface area (Å²) in [5.41, 5.74) is 37.6. The van der Waals surface area contributed by atoms with E-state index >= 15 is 0 Å². The van der Waals surface area contributed by atoms with Gasteiger partial charge in [0.2, 0.25) is 0 Å². The van der Waals surface area contributed by atoms with E-state index in [0.29, 0.717) is 0 Å². The molecule has 0 saturated heterocycles. The van der Waals surface area contributed by atoms with E-state index in [0.717, 1.165) is 201 Å². The maximum atomic E-state index is 4.88. The fraction of sp³-hybridized carbons (Fsp3) is 0. The van der Waals surface area contributed by atoms with E-state index in [2.05, 4.69) is 366 Å². The molecule has 0 bridgehead atoms. The van der Waals surface area contributed by atoms with Gasteiger partial charge in [-0.25, -0.2) is 4.98 Å². The van der Waals surface area contributed by atoms with Crippen molar-refractivity contribution in [3.8, 4) is 201 Å². The van der Waals surface area contributed by atoms with Gasteiger partial charge in [0, 0.05) is 35.9 Å². The largest absolute Gasteiger partial charge is 3.00 e. The smallest absolute Gasteiger partial charge is 0.305 e. The van der Waals surface area contributed by atoms with E-state index < -0.39 is 0 Å². The predicted octanol–water partition coefficient (Wildman–Crippen LogP) is 27.5. The summed E-state index contributed by atoms with van der Waals surface area (Å²) < 4.78 is 0. The molecular formula is C108H69IrN6. The maximum absolute atomic E-state index is 4.88. The third-order valence-electron chi connectivity index (χ3n) is 21.3. The Kier molecular flexibility index (Phi) is 20.5. The molecule has 540 valence electrons. The Labute approximate surface area is 683 Å². The Hall–Kier alpha value is -14.6. The number of benzene rings is 14. The molecule has 0 amide bonds. The van der Waals surface area contributed by atoms with Crippen LogP contribution in [-0.4, -0.2) is 29.9 Å². The van der Waals surface area contributed by atoms with Crippen LogP contribution in [0.3, 0.4) is 0 Å². The van der Waals surface area contributed by atoms with Crippen LogP contribution in [0.5, 0.6) is 0 Å². The zero-order valence-corrected chi connectivity index (χ0v) is 64.7. The van der Waals surface area contributed by atoms with E-state index in [-0.39, 0.29) is 20.1 Å². The molecule has 0 N–H and O–H groups in total. The van der Waals surface area contributed by atoms with Crippen molar-refractivity contribution in [3.63, 3.8) is 0 Å². The minimum absolute atomic E-state index is 0. The van der Waals surface area contributed by atoms with Gasteiger partial charge in [0.25, 0.3) is 0 Å². The van der Waals surface area contributed by atoms with Crippen molar-refractivity contribution in [1.29, 1.82) is 0 Å². The third kappa shape index (κ3) is 15.2. The van der Waals surface area contributed by atoms with Gasteiger partial charge in [0.05, 0.1) is 17.1 Å². The molecule has 0 radical (unpaired) electrons. The van der Waals surface area contributed by atoms with Crippen LogP contribution < -0.4 is 0 Å². The molecule has 115 heavy (non-hydrogen) atoms. The maximum Gasteiger partial charge on any atom is 3.00 e. The SMILES string of the molecule is [Ir+3].[c-]1cc(-c2ccccc2-c2cc(-c3ccccc3-c3c[c-]c(-c4ccccn4)cc3)cc(-c3ccccc3-c3c[c-]c(-c4cc(-c5ccc(-c6ccccc6-c6cc(-c7ccccc7-c7ccc(-c8ccccn8)cc7)cc(-c7ccccc7-c7ccc(-c8ccccn8)cc7)c6)cc5)ncn4)cc3)c2)ccc1-c1ccccn1. The summed E-state index contributed by atoms with van der Waals surface area (Å²) in [6.07, 6.45) is 8.99. The second-order valence-corrected chi connectivity index (χ2v) is 28.2. The van der Waals surface area contributed by atoms with Crippen LogP contribution in [0, 0.1) is 18.2 Å². The number of rotatable bonds is 18. The molecule has 19 aromatic rings. The summed E-state index contributed by atoms with van der Waals surface area (Å²) >= 11 is 0. The Morgan fingerprint density at radius 2 is 0.357 bits per heavy atom. The van der Waals surface area contributed by atoms with E-state index in [4.69, 9.17) is 9.97 Å².